The lowest BCUT2D eigenvalue weighted by molar-refractivity contribution is -0.0234. The van der Waals surface area contributed by atoms with Crippen molar-refractivity contribution in [1.29, 1.82) is 0 Å². The minimum Gasteiger partial charge on any atom is -0.363 e. The molecule has 0 saturated carbocycles. The van der Waals surface area contributed by atoms with Crippen LogP contribution in [0.5, 0.6) is 0 Å². The summed E-state index contributed by atoms with van der Waals surface area (Å²) in [5.74, 6) is 0. The lowest BCUT2D eigenvalue weighted by Crippen LogP contribution is -2.35. The van der Waals surface area contributed by atoms with Gasteiger partial charge in [-0.1, -0.05) is 30.3 Å². The number of likely N-dealkylation sites (tertiary alicyclic amines) is 1. The van der Waals surface area contributed by atoms with Crippen molar-refractivity contribution in [2.24, 2.45) is 0 Å². The van der Waals surface area contributed by atoms with Gasteiger partial charge in [-0.05, 0) is 55.3 Å². The molecule has 4 rings (SSSR count). The number of nitrogens with zero attached hydrogens (tertiary/aromatic N) is 2. The van der Waals surface area contributed by atoms with Crippen molar-refractivity contribution in [3.8, 4) is 0 Å². The van der Waals surface area contributed by atoms with Crippen molar-refractivity contribution < 1.29 is 13.2 Å². The number of piperidine rings is 1. The summed E-state index contributed by atoms with van der Waals surface area (Å²) < 4.78 is 30.8. The van der Waals surface area contributed by atoms with E-state index in [1.807, 2.05) is 42.5 Å². The largest absolute Gasteiger partial charge is 0.363 e. The molecule has 0 bridgehead atoms. The Morgan fingerprint density at radius 3 is 2.67 bits per heavy atom. The van der Waals surface area contributed by atoms with Crippen LogP contribution in [0.15, 0.2) is 53.9 Å². The Hall–Kier alpha value is -2.06. The summed E-state index contributed by atoms with van der Waals surface area (Å²) in [5, 5.41) is 2.16. The Kier molecular flexibility index (Phi) is 6.34. The average molecular weight is 443 g/mol. The van der Waals surface area contributed by atoms with Crippen LogP contribution in [0.2, 0.25) is 0 Å². The molecule has 0 N–H and O–H groups in total. The summed E-state index contributed by atoms with van der Waals surface area (Å²) in [6.07, 6.45) is 4.71. The van der Waals surface area contributed by atoms with Crippen molar-refractivity contribution in [1.82, 2.24) is 9.88 Å². The molecule has 1 aliphatic heterocycles. The fourth-order valence-electron chi connectivity index (χ4n) is 3.62. The number of sulfone groups is 1. The summed E-state index contributed by atoms with van der Waals surface area (Å²) >= 11 is 1.65. The molecule has 2 aromatic carbocycles. The SMILES string of the molecule is CN1CCC(OC(c2cccc(C=CS(C)(=O)=O)c2)c2nc3ccccc3s2)CC1. The van der Waals surface area contributed by atoms with Crippen molar-refractivity contribution in [3.05, 3.63) is 70.1 Å². The zero-order valence-electron chi connectivity index (χ0n) is 17.2. The van der Waals surface area contributed by atoms with Crippen LogP contribution >= 0.6 is 11.3 Å². The second kappa shape index (κ2) is 8.98. The molecule has 1 aliphatic rings. The summed E-state index contributed by atoms with van der Waals surface area (Å²) in [6, 6.07) is 16.0. The van der Waals surface area contributed by atoms with Crippen LogP contribution in [0.3, 0.4) is 0 Å². The van der Waals surface area contributed by atoms with Crippen LogP contribution in [0.25, 0.3) is 16.3 Å². The third-order valence-electron chi connectivity index (χ3n) is 5.25. The van der Waals surface area contributed by atoms with Gasteiger partial charge in [0.05, 0.1) is 16.3 Å². The van der Waals surface area contributed by atoms with E-state index in [0.717, 1.165) is 52.3 Å². The number of thiazole rings is 1. The number of aromatic nitrogens is 1. The van der Waals surface area contributed by atoms with E-state index in [-0.39, 0.29) is 12.2 Å². The summed E-state index contributed by atoms with van der Waals surface area (Å²) in [4.78, 5) is 7.18. The van der Waals surface area contributed by atoms with Crippen LogP contribution in [0, 0.1) is 0 Å². The maximum Gasteiger partial charge on any atom is 0.168 e. The molecule has 1 atom stereocenters. The Morgan fingerprint density at radius 1 is 1.17 bits per heavy atom. The topological polar surface area (TPSA) is 59.5 Å². The van der Waals surface area contributed by atoms with Crippen LogP contribution in [-0.4, -0.2) is 50.8 Å². The lowest BCUT2D eigenvalue weighted by atomic mass is 10.0. The number of benzene rings is 2. The van der Waals surface area contributed by atoms with Gasteiger partial charge in [0.25, 0.3) is 0 Å². The first kappa shape index (κ1) is 21.2. The first-order chi connectivity index (χ1) is 14.4. The second-order valence-electron chi connectivity index (χ2n) is 7.84. The number of ether oxygens (including phenoxy) is 1. The molecular weight excluding hydrogens is 416 g/mol. The predicted octanol–water partition coefficient (Wildman–Crippen LogP) is 4.51. The molecule has 0 spiro atoms. The number of hydrogen-bond donors (Lipinski definition) is 0. The van der Waals surface area contributed by atoms with Gasteiger partial charge >= 0.3 is 0 Å². The number of fused-ring (bicyclic) bond motifs is 1. The quantitative estimate of drug-likeness (QED) is 0.562. The Balaban J connectivity index is 1.68. The highest BCUT2D eigenvalue weighted by atomic mass is 32.2. The first-order valence-electron chi connectivity index (χ1n) is 10.0. The van der Waals surface area contributed by atoms with E-state index >= 15 is 0 Å². The Labute approximate surface area is 181 Å². The molecule has 3 aromatic rings. The molecule has 158 valence electrons. The van der Waals surface area contributed by atoms with Gasteiger partial charge in [-0.15, -0.1) is 11.3 Å². The van der Waals surface area contributed by atoms with Crippen molar-refractivity contribution in [2.45, 2.75) is 25.0 Å². The zero-order chi connectivity index (χ0) is 21.1. The summed E-state index contributed by atoms with van der Waals surface area (Å²) in [5.41, 5.74) is 2.79. The van der Waals surface area contributed by atoms with Crippen LogP contribution in [0.4, 0.5) is 0 Å². The molecule has 0 aliphatic carbocycles. The molecular formula is C23H26N2O3S2. The highest BCUT2D eigenvalue weighted by Crippen LogP contribution is 2.35. The van der Waals surface area contributed by atoms with E-state index in [0.29, 0.717) is 0 Å². The minimum atomic E-state index is -3.18. The monoisotopic (exact) mass is 442 g/mol. The maximum absolute atomic E-state index is 11.5. The van der Waals surface area contributed by atoms with E-state index < -0.39 is 9.84 Å². The van der Waals surface area contributed by atoms with Gasteiger partial charge < -0.3 is 9.64 Å². The fraction of sp³-hybridized carbons (Fsp3) is 0.348. The molecule has 30 heavy (non-hydrogen) atoms. The maximum atomic E-state index is 11.5. The van der Waals surface area contributed by atoms with Gasteiger partial charge in [0, 0.05) is 24.8 Å². The molecule has 7 heteroatoms. The van der Waals surface area contributed by atoms with Crippen molar-refractivity contribution in [2.75, 3.05) is 26.4 Å². The van der Waals surface area contributed by atoms with Gasteiger partial charge in [0.2, 0.25) is 0 Å². The molecule has 0 radical (unpaired) electrons. The van der Waals surface area contributed by atoms with Crippen LogP contribution in [0.1, 0.15) is 35.1 Å². The van der Waals surface area contributed by atoms with E-state index in [2.05, 4.69) is 18.0 Å². The van der Waals surface area contributed by atoms with Crippen LogP contribution in [-0.2, 0) is 14.6 Å². The highest BCUT2D eigenvalue weighted by molar-refractivity contribution is 7.93. The molecule has 5 nitrogen and oxygen atoms in total. The molecule has 1 unspecified atom stereocenters. The molecule has 1 fully saturated rings. The standard InChI is InChI=1S/C23H26N2O3S2/c1-25-13-10-19(11-14-25)28-22(23-24-20-8-3-4-9-21(20)29-23)18-7-5-6-17(16-18)12-15-30(2,26)27/h3-9,12,15-16,19,22H,10-11,13-14H2,1-2H3. The molecule has 1 saturated heterocycles. The average Bonchev–Trinajstić information content (AvgIpc) is 3.15. The van der Waals surface area contributed by atoms with Crippen molar-refractivity contribution in [3.63, 3.8) is 0 Å². The molecule has 2 heterocycles. The molecule has 0 amide bonds. The predicted molar refractivity (Wildman–Crippen MR) is 123 cm³/mol. The van der Waals surface area contributed by atoms with Crippen LogP contribution < -0.4 is 0 Å². The Morgan fingerprint density at radius 2 is 1.93 bits per heavy atom. The van der Waals surface area contributed by atoms with E-state index in [1.165, 1.54) is 11.7 Å². The van der Waals surface area contributed by atoms with Gasteiger partial charge in [0.15, 0.2) is 9.84 Å². The third-order valence-corrected chi connectivity index (χ3v) is 6.96. The highest BCUT2D eigenvalue weighted by Gasteiger charge is 2.26. The summed E-state index contributed by atoms with van der Waals surface area (Å²) in [7, 11) is -1.04. The minimum absolute atomic E-state index is 0.174. The van der Waals surface area contributed by atoms with Gasteiger partial charge in [0.1, 0.15) is 11.1 Å². The normalized spacial score (nSPS) is 17.7. The number of hydrogen-bond acceptors (Lipinski definition) is 6. The van der Waals surface area contributed by atoms with E-state index in [4.69, 9.17) is 9.72 Å². The van der Waals surface area contributed by atoms with E-state index in [9.17, 15) is 8.42 Å². The Bertz CT molecular complexity index is 1110. The summed E-state index contributed by atoms with van der Waals surface area (Å²) in [6.45, 7) is 2.04. The lowest BCUT2D eigenvalue weighted by Gasteiger charge is -2.31. The van der Waals surface area contributed by atoms with Crippen molar-refractivity contribution >= 4 is 37.5 Å². The second-order valence-corrected chi connectivity index (χ2v) is 10.8. The van der Waals surface area contributed by atoms with Gasteiger partial charge in [-0.25, -0.2) is 13.4 Å². The number of rotatable bonds is 6. The first-order valence-corrected chi connectivity index (χ1v) is 12.8. The van der Waals surface area contributed by atoms with Gasteiger partial charge in [-0.3, -0.25) is 0 Å². The van der Waals surface area contributed by atoms with E-state index in [1.54, 1.807) is 17.4 Å². The smallest absolute Gasteiger partial charge is 0.168 e. The fourth-order valence-corrected chi connectivity index (χ4v) is 5.06. The zero-order valence-corrected chi connectivity index (χ0v) is 18.8. The number of para-hydroxylation sites is 1. The molecule has 1 aromatic heterocycles. The van der Waals surface area contributed by atoms with Gasteiger partial charge in [-0.2, -0.15) is 0 Å². The third kappa shape index (κ3) is 5.35.